The Kier molecular flexibility index (Phi) is 5.61. The van der Waals surface area contributed by atoms with Crippen LogP contribution in [0.25, 0.3) is 0 Å². The lowest BCUT2D eigenvalue weighted by Gasteiger charge is -2.71. The van der Waals surface area contributed by atoms with E-state index in [0.29, 0.717) is 25.7 Å². The zero-order chi connectivity index (χ0) is 26.7. The van der Waals surface area contributed by atoms with E-state index in [-0.39, 0.29) is 46.4 Å². The zero-order valence-corrected chi connectivity index (χ0v) is 22.9. The summed E-state index contributed by atoms with van der Waals surface area (Å²) < 4.78 is 0. The number of aliphatic hydroxyl groups is 3. The van der Waals surface area contributed by atoms with E-state index in [4.69, 9.17) is 0 Å². The van der Waals surface area contributed by atoms with Crippen LogP contribution < -0.4 is 0 Å². The predicted molar refractivity (Wildman–Crippen MR) is 136 cm³/mol. The average Bonchev–Trinajstić information content (AvgIpc) is 2.80. The molecule has 4 saturated carbocycles. The number of aliphatic hydroxyl groups excluding tert-OH is 2. The highest BCUT2D eigenvalue weighted by Crippen LogP contribution is 2.75. The highest BCUT2D eigenvalue weighted by Gasteiger charge is 2.72. The van der Waals surface area contributed by atoms with Gasteiger partial charge in [0.1, 0.15) is 6.10 Å². The number of carboxylic acids is 1. The van der Waals surface area contributed by atoms with E-state index in [9.17, 15) is 30.0 Å². The normalized spacial score (nSPS) is 56.5. The van der Waals surface area contributed by atoms with E-state index >= 15 is 0 Å². The molecule has 5 rings (SSSR count). The monoisotopic (exact) mass is 502 g/mol. The molecule has 0 bridgehead atoms. The Morgan fingerprint density at radius 1 is 1.03 bits per heavy atom. The molecular formula is C30H46O6. The molecule has 0 aromatic rings. The smallest absolute Gasteiger partial charge is 0.310 e. The van der Waals surface area contributed by atoms with Gasteiger partial charge in [0, 0.05) is 17.8 Å². The summed E-state index contributed by atoms with van der Waals surface area (Å²) in [5, 5.41) is 43.6. The van der Waals surface area contributed by atoms with Crippen molar-refractivity contribution in [1.29, 1.82) is 0 Å². The molecule has 11 unspecified atom stereocenters. The lowest BCUT2D eigenvalue weighted by atomic mass is 9.33. The summed E-state index contributed by atoms with van der Waals surface area (Å²) in [6.45, 7) is 12.4. The maximum absolute atomic E-state index is 13.1. The van der Waals surface area contributed by atoms with Gasteiger partial charge >= 0.3 is 5.97 Å². The molecule has 6 heteroatoms. The van der Waals surface area contributed by atoms with Crippen molar-refractivity contribution in [3.05, 3.63) is 11.6 Å². The van der Waals surface area contributed by atoms with E-state index < -0.39 is 34.4 Å². The van der Waals surface area contributed by atoms with Crippen LogP contribution in [0.3, 0.4) is 0 Å². The first-order chi connectivity index (χ1) is 16.6. The third-order valence-electron chi connectivity index (χ3n) is 13.4. The standard InChI is InChI=1S/C30H46O6/c1-17-9-12-30(24(34)35)14-13-27(4)18(22(30)29(17,6)36)7-8-21-25(2)15-19(32)23(33)26(3,16-31)20(25)10-11-28(21,27)5/h7,17,20-23,31,33,36H,8-16H2,1-6H3,(H,34,35). The van der Waals surface area contributed by atoms with Crippen LogP contribution in [0.15, 0.2) is 11.6 Å². The van der Waals surface area contributed by atoms with Gasteiger partial charge in [-0.2, -0.15) is 0 Å². The predicted octanol–water partition coefficient (Wildman–Crippen LogP) is 4.36. The van der Waals surface area contributed by atoms with Gasteiger partial charge in [0.25, 0.3) is 0 Å². The van der Waals surface area contributed by atoms with Crippen LogP contribution in [0, 0.1) is 50.7 Å². The minimum atomic E-state index is -1.14. The van der Waals surface area contributed by atoms with E-state index in [1.807, 2.05) is 20.8 Å². The Bertz CT molecular complexity index is 1020. The van der Waals surface area contributed by atoms with Crippen LogP contribution in [0.4, 0.5) is 0 Å². The number of Topliss-reactive ketones (excluding diaryl/α,β-unsaturated/α-hetero) is 1. The molecule has 0 heterocycles. The summed E-state index contributed by atoms with van der Waals surface area (Å²) in [5.41, 5.74) is -2.60. The van der Waals surface area contributed by atoms with E-state index in [0.717, 1.165) is 31.3 Å². The molecular weight excluding hydrogens is 456 g/mol. The maximum atomic E-state index is 13.1. The Morgan fingerprint density at radius 2 is 1.69 bits per heavy atom. The van der Waals surface area contributed by atoms with Gasteiger partial charge in [0.15, 0.2) is 5.78 Å². The second kappa shape index (κ2) is 7.66. The molecule has 0 spiro atoms. The Morgan fingerprint density at radius 3 is 2.31 bits per heavy atom. The number of hydrogen-bond acceptors (Lipinski definition) is 5. The summed E-state index contributed by atoms with van der Waals surface area (Å²) in [5.74, 6) is -1.17. The van der Waals surface area contributed by atoms with Crippen molar-refractivity contribution < 1.29 is 30.0 Å². The quantitative estimate of drug-likeness (QED) is 0.417. The van der Waals surface area contributed by atoms with Crippen molar-refractivity contribution in [3.63, 3.8) is 0 Å². The molecule has 0 aromatic heterocycles. The molecule has 0 amide bonds. The highest BCUT2D eigenvalue weighted by molar-refractivity contribution is 5.85. The minimum absolute atomic E-state index is 0.0136. The summed E-state index contributed by atoms with van der Waals surface area (Å²) >= 11 is 0. The van der Waals surface area contributed by atoms with Crippen molar-refractivity contribution in [2.75, 3.05) is 6.61 Å². The number of carboxylic acid groups (broad SMARTS) is 1. The minimum Gasteiger partial charge on any atom is -0.481 e. The fourth-order valence-electron chi connectivity index (χ4n) is 10.8. The van der Waals surface area contributed by atoms with Gasteiger partial charge in [-0.15, -0.1) is 0 Å². The summed E-state index contributed by atoms with van der Waals surface area (Å²) in [6.07, 6.45) is 6.48. The molecule has 0 aromatic carbocycles. The van der Waals surface area contributed by atoms with Crippen LogP contribution in [0.5, 0.6) is 0 Å². The van der Waals surface area contributed by atoms with Crippen LogP contribution in [0.1, 0.15) is 92.9 Å². The van der Waals surface area contributed by atoms with Crippen LogP contribution in [-0.2, 0) is 9.59 Å². The molecule has 0 radical (unpaired) electrons. The lowest BCUT2D eigenvalue weighted by molar-refractivity contribution is -0.221. The van der Waals surface area contributed by atoms with Crippen LogP contribution >= 0.6 is 0 Å². The number of hydrogen-bond donors (Lipinski definition) is 4. The third kappa shape index (κ3) is 2.85. The first kappa shape index (κ1) is 26.4. The van der Waals surface area contributed by atoms with Gasteiger partial charge in [-0.1, -0.05) is 46.3 Å². The second-order valence-corrected chi connectivity index (χ2v) is 14.6. The van der Waals surface area contributed by atoms with E-state index in [2.05, 4.69) is 26.8 Å². The van der Waals surface area contributed by atoms with E-state index in [1.165, 1.54) is 0 Å². The van der Waals surface area contributed by atoms with Crippen molar-refractivity contribution in [2.24, 2.45) is 50.7 Å². The first-order valence-electron chi connectivity index (χ1n) is 14.0. The molecule has 4 N–H and O–H groups in total. The van der Waals surface area contributed by atoms with Gasteiger partial charge in [0.2, 0.25) is 0 Å². The number of allylic oxidation sites excluding steroid dienone is 1. The average molecular weight is 503 g/mol. The second-order valence-electron chi connectivity index (χ2n) is 14.6. The Balaban J connectivity index is 1.65. The first-order valence-corrected chi connectivity index (χ1v) is 14.0. The topological polar surface area (TPSA) is 115 Å². The summed E-state index contributed by atoms with van der Waals surface area (Å²) in [6, 6.07) is 0. The zero-order valence-electron chi connectivity index (χ0n) is 22.9. The van der Waals surface area contributed by atoms with E-state index in [1.54, 1.807) is 0 Å². The van der Waals surface area contributed by atoms with Crippen molar-refractivity contribution in [3.8, 4) is 0 Å². The number of ketones is 1. The van der Waals surface area contributed by atoms with Gasteiger partial charge in [-0.05, 0) is 85.9 Å². The molecule has 5 aliphatic rings. The van der Waals surface area contributed by atoms with Gasteiger partial charge < -0.3 is 20.4 Å². The molecule has 36 heavy (non-hydrogen) atoms. The molecule has 0 aliphatic heterocycles. The van der Waals surface area contributed by atoms with Crippen molar-refractivity contribution in [1.82, 2.24) is 0 Å². The number of aliphatic carboxylic acids is 1. The van der Waals surface area contributed by atoms with Gasteiger partial charge in [-0.3, -0.25) is 9.59 Å². The Labute approximate surface area is 215 Å². The van der Waals surface area contributed by atoms with Crippen molar-refractivity contribution >= 4 is 11.8 Å². The molecule has 5 aliphatic carbocycles. The summed E-state index contributed by atoms with van der Waals surface area (Å²) in [4.78, 5) is 26.0. The third-order valence-corrected chi connectivity index (χ3v) is 13.4. The molecule has 6 nitrogen and oxygen atoms in total. The van der Waals surface area contributed by atoms with Crippen LogP contribution in [0.2, 0.25) is 0 Å². The lowest BCUT2D eigenvalue weighted by Crippen LogP contribution is -2.69. The fraction of sp³-hybridized carbons (Fsp3) is 0.867. The SMILES string of the molecule is CC1CCC2(C(=O)O)CCC3(C)C(=CCC4C5(C)CC(=O)C(O)C(C)(CO)C5CCC43C)C2C1(C)O. The van der Waals surface area contributed by atoms with Crippen LogP contribution in [-0.4, -0.2) is 50.5 Å². The molecule has 11 atom stereocenters. The summed E-state index contributed by atoms with van der Waals surface area (Å²) in [7, 11) is 0. The van der Waals surface area contributed by atoms with Gasteiger partial charge in [0.05, 0.1) is 17.6 Å². The fourth-order valence-corrected chi connectivity index (χ4v) is 10.8. The molecule has 0 saturated heterocycles. The van der Waals surface area contributed by atoms with Gasteiger partial charge in [-0.25, -0.2) is 0 Å². The maximum Gasteiger partial charge on any atom is 0.310 e. The Hall–Kier alpha value is -1.24. The number of carbonyl (C=O) groups is 2. The number of carbonyl (C=O) groups excluding carboxylic acids is 1. The van der Waals surface area contributed by atoms with Crippen molar-refractivity contribution in [2.45, 2.75) is 105 Å². The highest BCUT2D eigenvalue weighted by atomic mass is 16.4. The molecule has 202 valence electrons. The number of rotatable bonds is 2. The molecule has 4 fully saturated rings. The number of fused-ring (bicyclic) bond motifs is 7. The largest absolute Gasteiger partial charge is 0.481 e.